The van der Waals surface area contributed by atoms with Gasteiger partial charge in [-0.25, -0.2) is 8.42 Å². The van der Waals surface area contributed by atoms with E-state index in [4.69, 9.17) is 11.6 Å². The first-order chi connectivity index (χ1) is 13.6. The van der Waals surface area contributed by atoms with Gasteiger partial charge in [-0.2, -0.15) is 0 Å². The first kappa shape index (κ1) is 21.2. The Hall–Kier alpha value is -2.49. The summed E-state index contributed by atoms with van der Waals surface area (Å²) >= 11 is 7.08. The van der Waals surface area contributed by atoms with E-state index >= 15 is 0 Å². The Bertz CT molecular complexity index is 1120. The van der Waals surface area contributed by atoms with E-state index in [2.05, 4.69) is 15.5 Å². The van der Waals surface area contributed by atoms with Crippen molar-refractivity contribution in [3.05, 3.63) is 58.6 Å². The molecule has 152 valence electrons. The van der Waals surface area contributed by atoms with Crippen molar-refractivity contribution in [2.24, 2.45) is 0 Å². The van der Waals surface area contributed by atoms with Gasteiger partial charge in [-0.1, -0.05) is 41.1 Å². The van der Waals surface area contributed by atoms with Gasteiger partial charge in [-0.05, 0) is 49.2 Å². The highest BCUT2D eigenvalue weighted by atomic mass is 35.5. The van der Waals surface area contributed by atoms with Crippen LogP contribution in [0, 0.1) is 13.8 Å². The zero-order valence-corrected chi connectivity index (χ0v) is 18.4. The van der Waals surface area contributed by atoms with Crippen LogP contribution in [0.15, 0.2) is 42.5 Å². The number of aryl methyl sites for hydroxylation is 2. The summed E-state index contributed by atoms with van der Waals surface area (Å²) < 4.78 is 25.6. The molecular weight excluding hydrogens is 432 g/mol. The minimum atomic E-state index is -3.65. The minimum Gasteiger partial charge on any atom is -0.299 e. The van der Waals surface area contributed by atoms with Gasteiger partial charge in [-0.15, -0.1) is 10.2 Å². The molecule has 1 N–H and O–H groups in total. The summed E-state index contributed by atoms with van der Waals surface area (Å²) in [6.45, 7) is 3.38. The fourth-order valence-electron chi connectivity index (χ4n) is 2.77. The second-order valence-electron chi connectivity index (χ2n) is 6.58. The number of carbonyl (C=O) groups is 1. The number of anilines is 2. The summed E-state index contributed by atoms with van der Waals surface area (Å²) in [4.78, 5) is 12.5. The Kier molecular flexibility index (Phi) is 6.21. The van der Waals surface area contributed by atoms with Crippen LogP contribution in [-0.2, 0) is 14.8 Å². The zero-order chi connectivity index (χ0) is 21.2. The highest BCUT2D eigenvalue weighted by Crippen LogP contribution is 2.27. The minimum absolute atomic E-state index is 0.286. The van der Waals surface area contributed by atoms with Crippen LogP contribution in [0.5, 0.6) is 0 Å². The number of carbonyl (C=O) groups excluding carboxylic acids is 1. The standard InChI is InChI=1S/C19H19ClN4O3S2/c1-12-8-13(2)10-16(9-12)24(29(3,26)27)11-17(25)21-19-23-22-18(28-19)14-4-6-15(20)7-5-14/h4-10H,11H2,1-3H3,(H,21,23,25). The van der Waals surface area contributed by atoms with Gasteiger partial charge in [-0.3, -0.25) is 14.4 Å². The monoisotopic (exact) mass is 450 g/mol. The van der Waals surface area contributed by atoms with Crippen LogP contribution in [0.25, 0.3) is 10.6 Å². The summed E-state index contributed by atoms with van der Waals surface area (Å²) in [6.07, 6.45) is 1.07. The molecule has 2 aromatic carbocycles. The van der Waals surface area contributed by atoms with Gasteiger partial charge in [0.25, 0.3) is 0 Å². The SMILES string of the molecule is Cc1cc(C)cc(N(CC(=O)Nc2nnc(-c3ccc(Cl)cc3)s2)S(C)(=O)=O)c1. The number of rotatable bonds is 6. The predicted molar refractivity (Wildman–Crippen MR) is 117 cm³/mol. The number of halogens is 1. The number of sulfonamides is 1. The molecule has 10 heteroatoms. The first-order valence-electron chi connectivity index (χ1n) is 8.57. The molecule has 1 aromatic heterocycles. The van der Waals surface area contributed by atoms with Crippen LogP contribution in [0.1, 0.15) is 11.1 Å². The summed E-state index contributed by atoms with van der Waals surface area (Å²) in [5.41, 5.74) is 3.08. The molecule has 0 aliphatic heterocycles. The third kappa shape index (κ3) is 5.53. The van der Waals surface area contributed by atoms with E-state index in [9.17, 15) is 13.2 Å². The molecule has 0 unspecified atom stereocenters. The number of nitrogens with zero attached hydrogens (tertiary/aromatic N) is 3. The Morgan fingerprint density at radius 1 is 1.10 bits per heavy atom. The van der Waals surface area contributed by atoms with Crippen LogP contribution in [0.3, 0.4) is 0 Å². The van der Waals surface area contributed by atoms with Gasteiger partial charge in [0.15, 0.2) is 0 Å². The molecule has 0 saturated carbocycles. The summed E-state index contributed by atoms with van der Waals surface area (Å²) in [6, 6.07) is 12.5. The van der Waals surface area contributed by atoms with Crippen LogP contribution in [0.4, 0.5) is 10.8 Å². The lowest BCUT2D eigenvalue weighted by Crippen LogP contribution is -2.37. The van der Waals surface area contributed by atoms with Gasteiger partial charge in [0.05, 0.1) is 11.9 Å². The van der Waals surface area contributed by atoms with Crippen LogP contribution in [-0.4, -0.2) is 37.3 Å². The van der Waals surface area contributed by atoms with Gasteiger partial charge in [0, 0.05) is 10.6 Å². The maximum atomic E-state index is 12.5. The summed E-state index contributed by atoms with van der Waals surface area (Å²) in [5, 5.41) is 12.2. The number of hydrogen-bond donors (Lipinski definition) is 1. The average molecular weight is 451 g/mol. The fraction of sp³-hybridized carbons (Fsp3) is 0.211. The van der Waals surface area contributed by atoms with Crippen molar-refractivity contribution < 1.29 is 13.2 Å². The second-order valence-corrected chi connectivity index (χ2v) is 9.90. The molecule has 0 atom stereocenters. The molecule has 0 aliphatic carbocycles. The lowest BCUT2D eigenvalue weighted by Gasteiger charge is -2.22. The lowest BCUT2D eigenvalue weighted by atomic mass is 10.1. The van der Waals surface area contributed by atoms with Gasteiger partial charge < -0.3 is 0 Å². The lowest BCUT2D eigenvalue weighted by molar-refractivity contribution is -0.114. The maximum absolute atomic E-state index is 12.5. The van der Waals surface area contributed by atoms with Crippen molar-refractivity contribution in [2.45, 2.75) is 13.8 Å². The molecule has 7 nitrogen and oxygen atoms in total. The van der Waals surface area contributed by atoms with E-state index in [1.165, 1.54) is 11.3 Å². The van der Waals surface area contributed by atoms with Crippen LogP contribution >= 0.6 is 22.9 Å². The second kappa shape index (κ2) is 8.48. The van der Waals surface area contributed by atoms with Crippen molar-refractivity contribution in [1.82, 2.24) is 10.2 Å². The van der Waals surface area contributed by atoms with Crippen molar-refractivity contribution in [3.8, 4) is 10.6 Å². The summed E-state index contributed by atoms with van der Waals surface area (Å²) in [5.74, 6) is -0.506. The predicted octanol–water partition coefficient (Wildman–Crippen LogP) is 3.88. The molecule has 1 heterocycles. The Morgan fingerprint density at radius 2 is 1.72 bits per heavy atom. The first-order valence-corrected chi connectivity index (χ1v) is 11.6. The fourth-order valence-corrected chi connectivity index (χ4v) is 4.50. The molecular formula is C19H19ClN4O3S2. The van der Waals surface area contributed by atoms with Crippen LogP contribution in [0.2, 0.25) is 5.02 Å². The van der Waals surface area contributed by atoms with E-state index in [0.717, 1.165) is 27.3 Å². The highest BCUT2D eigenvalue weighted by molar-refractivity contribution is 7.92. The van der Waals surface area contributed by atoms with E-state index in [-0.39, 0.29) is 11.7 Å². The molecule has 0 bridgehead atoms. The summed E-state index contributed by atoms with van der Waals surface area (Å²) in [7, 11) is -3.65. The molecule has 0 aliphatic rings. The topological polar surface area (TPSA) is 92.3 Å². The molecule has 3 rings (SSSR count). The van der Waals surface area contributed by atoms with Crippen molar-refractivity contribution in [1.29, 1.82) is 0 Å². The Morgan fingerprint density at radius 3 is 2.31 bits per heavy atom. The van der Waals surface area contributed by atoms with Crippen molar-refractivity contribution in [3.63, 3.8) is 0 Å². The van der Waals surface area contributed by atoms with Gasteiger partial charge in [0.2, 0.25) is 21.1 Å². The van der Waals surface area contributed by atoms with Crippen LogP contribution < -0.4 is 9.62 Å². The largest absolute Gasteiger partial charge is 0.299 e. The number of nitrogens with one attached hydrogen (secondary N) is 1. The Balaban J connectivity index is 1.76. The maximum Gasteiger partial charge on any atom is 0.246 e. The molecule has 0 radical (unpaired) electrons. The number of amides is 1. The molecule has 29 heavy (non-hydrogen) atoms. The molecule has 1 amide bonds. The van der Waals surface area contributed by atoms with E-state index in [0.29, 0.717) is 15.7 Å². The van der Waals surface area contributed by atoms with E-state index in [1.807, 2.05) is 19.9 Å². The third-order valence-electron chi connectivity index (χ3n) is 3.94. The number of hydrogen-bond acceptors (Lipinski definition) is 6. The smallest absolute Gasteiger partial charge is 0.246 e. The van der Waals surface area contributed by atoms with E-state index in [1.54, 1.807) is 36.4 Å². The highest BCUT2D eigenvalue weighted by Gasteiger charge is 2.22. The molecule has 3 aromatic rings. The van der Waals surface area contributed by atoms with Gasteiger partial charge in [0.1, 0.15) is 11.6 Å². The Labute approximate surface area is 178 Å². The molecule has 0 spiro atoms. The quantitative estimate of drug-likeness (QED) is 0.615. The van der Waals surface area contributed by atoms with Crippen molar-refractivity contribution in [2.75, 3.05) is 22.4 Å². The average Bonchev–Trinajstić information content (AvgIpc) is 3.07. The van der Waals surface area contributed by atoms with Crippen molar-refractivity contribution >= 4 is 49.7 Å². The number of benzene rings is 2. The molecule has 0 saturated heterocycles. The van der Waals surface area contributed by atoms with E-state index < -0.39 is 15.9 Å². The van der Waals surface area contributed by atoms with Gasteiger partial charge >= 0.3 is 0 Å². The number of aromatic nitrogens is 2. The zero-order valence-electron chi connectivity index (χ0n) is 16.0. The third-order valence-corrected chi connectivity index (χ3v) is 6.22. The molecule has 0 fully saturated rings. The normalized spacial score (nSPS) is 11.3.